The third-order valence-electron chi connectivity index (χ3n) is 2.60. The van der Waals surface area contributed by atoms with Gasteiger partial charge < -0.3 is 5.32 Å². The normalized spacial score (nSPS) is 10.3. The second-order valence-corrected chi connectivity index (χ2v) is 6.22. The van der Waals surface area contributed by atoms with E-state index in [1.54, 1.807) is 18.2 Å². The van der Waals surface area contributed by atoms with E-state index in [0.717, 1.165) is 14.5 Å². The van der Waals surface area contributed by atoms with E-state index in [4.69, 9.17) is 11.6 Å². The summed E-state index contributed by atoms with van der Waals surface area (Å²) in [7, 11) is 0. The van der Waals surface area contributed by atoms with Crippen LogP contribution in [0.15, 0.2) is 45.3 Å². The van der Waals surface area contributed by atoms with Crippen LogP contribution in [0, 0.1) is 6.92 Å². The molecule has 0 saturated carbocycles. The Hall–Kier alpha value is -0.840. The molecule has 0 heterocycles. The first-order valence-corrected chi connectivity index (χ1v) is 7.46. The summed E-state index contributed by atoms with van der Waals surface area (Å²) in [6, 6.07) is 10.8. The summed E-state index contributed by atoms with van der Waals surface area (Å²) >= 11 is 12.8. The van der Waals surface area contributed by atoms with Gasteiger partial charge in [0.2, 0.25) is 0 Å². The highest BCUT2D eigenvalue weighted by atomic mass is 79.9. The predicted molar refractivity (Wildman–Crippen MR) is 86.0 cm³/mol. The number of anilines is 1. The van der Waals surface area contributed by atoms with Crippen molar-refractivity contribution in [2.75, 3.05) is 5.32 Å². The van der Waals surface area contributed by atoms with Crippen LogP contribution in [0.2, 0.25) is 5.02 Å². The minimum absolute atomic E-state index is 0.181. The monoisotopic (exact) mass is 401 g/mol. The highest BCUT2D eigenvalue weighted by molar-refractivity contribution is 9.10. The van der Waals surface area contributed by atoms with Gasteiger partial charge in [-0.3, -0.25) is 4.79 Å². The Morgan fingerprint density at radius 2 is 1.89 bits per heavy atom. The molecule has 0 atom stereocenters. The Balaban J connectivity index is 2.23. The van der Waals surface area contributed by atoms with Crippen molar-refractivity contribution in [2.24, 2.45) is 0 Å². The number of amides is 1. The first-order chi connectivity index (χ1) is 8.97. The molecule has 0 radical (unpaired) electrons. The topological polar surface area (TPSA) is 29.1 Å². The van der Waals surface area contributed by atoms with Gasteiger partial charge in [0.05, 0.1) is 10.7 Å². The van der Waals surface area contributed by atoms with E-state index < -0.39 is 0 Å². The van der Waals surface area contributed by atoms with Crippen LogP contribution in [0.1, 0.15) is 15.9 Å². The number of halogens is 3. The van der Waals surface area contributed by atoms with Gasteiger partial charge in [0.25, 0.3) is 5.91 Å². The molecule has 0 aromatic heterocycles. The van der Waals surface area contributed by atoms with Gasteiger partial charge in [0, 0.05) is 14.5 Å². The summed E-state index contributed by atoms with van der Waals surface area (Å²) in [5.74, 6) is -0.181. The van der Waals surface area contributed by atoms with Crippen LogP contribution in [0.5, 0.6) is 0 Å². The molecule has 0 aliphatic carbocycles. The number of hydrogen-bond acceptors (Lipinski definition) is 1. The lowest BCUT2D eigenvalue weighted by Gasteiger charge is -2.08. The summed E-state index contributed by atoms with van der Waals surface area (Å²) < 4.78 is 1.85. The summed E-state index contributed by atoms with van der Waals surface area (Å²) in [5.41, 5.74) is 2.20. The molecule has 0 aliphatic rings. The quantitative estimate of drug-likeness (QED) is 0.712. The SMILES string of the molecule is Cc1cc(C(=O)Nc2ccc(Br)cc2Cl)ccc1Br. The molecule has 0 aliphatic heterocycles. The second-order valence-electron chi connectivity index (χ2n) is 4.04. The molecule has 0 fully saturated rings. The maximum absolute atomic E-state index is 12.1. The Kier molecular flexibility index (Phi) is 4.66. The first kappa shape index (κ1) is 14.6. The number of rotatable bonds is 2. The van der Waals surface area contributed by atoms with Gasteiger partial charge in [-0.15, -0.1) is 0 Å². The number of hydrogen-bond donors (Lipinski definition) is 1. The first-order valence-electron chi connectivity index (χ1n) is 5.50. The number of carbonyl (C=O) groups is 1. The minimum atomic E-state index is -0.181. The summed E-state index contributed by atoms with van der Waals surface area (Å²) in [6.45, 7) is 1.94. The Labute approximate surface area is 133 Å². The van der Waals surface area contributed by atoms with Crippen molar-refractivity contribution >= 4 is 55.1 Å². The van der Waals surface area contributed by atoms with Crippen molar-refractivity contribution in [2.45, 2.75) is 6.92 Å². The van der Waals surface area contributed by atoms with E-state index in [2.05, 4.69) is 37.2 Å². The third kappa shape index (κ3) is 3.59. The fraction of sp³-hybridized carbons (Fsp3) is 0.0714. The maximum atomic E-state index is 12.1. The number of nitrogens with one attached hydrogen (secondary N) is 1. The van der Waals surface area contributed by atoms with Crippen LogP contribution in [0.4, 0.5) is 5.69 Å². The maximum Gasteiger partial charge on any atom is 0.255 e. The molecule has 98 valence electrons. The Bertz CT molecular complexity index is 643. The van der Waals surface area contributed by atoms with Crippen LogP contribution in [0.3, 0.4) is 0 Å². The molecule has 5 heteroatoms. The second kappa shape index (κ2) is 6.07. The molecule has 0 unspecified atom stereocenters. The Morgan fingerprint density at radius 3 is 2.53 bits per heavy atom. The van der Waals surface area contributed by atoms with Crippen molar-refractivity contribution in [3.63, 3.8) is 0 Å². The van der Waals surface area contributed by atoms with Gasteiger partial charge in [-0.2, -0.15) is 0 Å². The molecule has 2 rings (SSSR count). The van der Waals surface area contributed by atoms with Crippen LogP contribution in [-0.2, 0) is 0 Å². The van der Waals surface area contributed by atoms with Crippen molar-refractivity contribution in [1.82, 2.24) is 0 Å². The fourth-order valence-corrected chi connectivity index (χ4v) is 2.54. The third-order valence-corrected chi connectivity index (χ3v) is 4.30. The molecule has 2 aromatic carbocycles. The molecule has 19 heavy (non-hydrogen) atoms. The molecular formula is C14H10Br2ClNO. The van der Waals surface area contributed by atoms with Gasteiger partial charge in [-0.25, -0.2) is 0 Å². The van der Waals surface area contributed by atoms with Crippen LogP contribution in [-0.4, -0.2) is 5.91 Å². The zero-order chi connectivity index (χ0) is 14.0. The highest BCUT2D eigenvalue weighted by Crippen LogP contribution is 2.26. The lowest BCUT2D eigenvalue weighted by atomic mass is 10.1. The minimum Gasteiger partial charge on any atom is -0.321 e. The lowest BCUT2D eigenvalue weighted by Crippen LogP contribution is -2.12. The summed E-state index contributed by atoms with van der Waals surface area (Å²) in [4.78, 5) is 12.1. The van der Waals surface area contributed by atoms with Crippen molar-refractivity contribution in [1.29, 1.82) is 0 Å². The number of carbonyl (C=O) groups excluding carboxylic acids is 1. The number of benzene rings is 2. The van der Waals surface area contributed by atoms with Crippen molar-refractivity contribution < 1.29 is 4.79 Å². The molecule has 1 amide bonds. The van der Waals surface area contributed by atoms with Crippen LogP contribution >= 0.6 is 43.5 Å². The average Bonchev–Trinajstić information content (AvgIpc) is 2.36. The number of aryl methyl sites for hydroxylation is 1. The van der Waals surface area contributed by atoms with Crippen molar-refractivity contribution in [3.8, 4) is 0 Å². The van der Waals surface area contributed by atoms with E-state index in [9.17, 15) is 4.79 Å². The largest absolute Gasteiger partial charge is 0.321 e. The van der Waals surface area contributed by atoms with E-state index in [1.807, 2.05) is 25.1 Å². The predicted octanol–water partition coefficient (Wildman–Crippen LogP) is 5.43. The summed E-state index contributed by atoms with van der Waals surface area (Å²) in [6.07, 6.45) is 0. The fourth-order valence-electron chi connectivity index (χ4n) is 1.57. The highest BCUT2D eigenvalue weighted by Gasteiger charge is 2.09. The van der Waals surface area contributed by atoms with Gasteiger partial charge in [-0.05, 0) is 48.9 Å². The van der Waals surface area contributed by atoms with Gasteiger partial charge in [0.15, 0.2) is 0 Å². The van der Waals surface area contributed by atoms with Crippen LogP contribution in [0.25, 0.3) is 0 Å². The van der Waals surface area contributed by atoms with Crippen molar-refractivity contribution in [3.05, 3.63) is 61.5 Å². The standard InChI is InChI=1S/C14H10Br2ClNO/c1-8-6-9(2-4-11(8)16)14(19)18-13-5-3-10(15)7-12(13)17/h2-7H,1H3,(H,18,19). The van der Waals surface area contributed by atoms with Gasteiger partial charge in [0.1, 0.15) is 0 Å². The zero-order valence-electron chi connectivity index (χ0n) is 10.0. The summed E-state index contributed by atoms with van der Waals surface area (Å²) in [5, 5.41) is 3.29. The molecule has 1 N–H and O–H groups in total. The van der Waals surface area contributed by atoms with E-state index in [0.29, 0.717) is 16.3 Å². The Morgan fingerprint density at radius 1 is 1.16 bits per heavy atom. The van der Waals surface area contributed by atoms with E-state index in [-0.39, 0.29) is 5.91 Å². The zero-order valence-corrected chi connectivity index (χ0v) is 13.9. The van der Waals surface area contributed by atoms with Crippen LogP contribution < -0.4 is 5.32 Å². The molecular weight excluding hydrogens is 393 g/mol. The molecule has 2 aromatic rings. The van der Waals surface area contributed by atoms with Gasteiger partial charge in [-0.1, -0.05) is 43.5 Å². The smallest absolute Gasteiger partial charge is 0.255 e. The molecule has 0 saturated heterocycles. The molecule has 0 bridgehead atoms. The lowest BCUT2D eigenvalue weighted by molar-refractivity contribution is 0.102. The van der Waals surface area contributed by atoms with E-state index in [1.165, 1.54) is 0 Å². The van der Waals surface area contributed by atoms with Gasteiger partial charge >= 0.3 is 0 Å². The molecule has 0 spiro atoms. The van der Waals surface area contributed by atoms with E-state index >= 15 is 0 Å². The molecule has 2 nitrogen and oxygen atoms in total. The average molecular weight is 404 g/mol.